The lowest BCUT2D eigenvalue weighted by molar-refractivity contribution is 0.602. The first-order valence-electron chi connectivity index (χ1n) is 32.7. The van der Waals surface area contributed by atoms with Crippen LogP contribution in [0.15, 0.2) is 216 Å². The summed E-state index contributed by atoms with van der Waals surface area (Å²) >= 11 is 0. The van der Waals surface area contributed by atoms with Gasteiger partial charge in [0.1, 0.15) is 0 Å². The number of hydrogen-bond donors (Lipinski definition) is 0. The SMILES string of the molecule is C(=C1CCCCC1)c1ccc(C(=Cc2ccc(/C=C/c3c4ccccc4c(/C=C/c4ccc(C=C(c5ccc(C=C6CCCCC6)cc5)c5ccc(C=C6CCCCC6)cc5)cc4)c4ccccc34)cc2)c2ccc(C=C3CCCCC3)cc2)cc1. The molecule has 4 fully saturated rings. The van der Waals surface area contributed by atoms with E-state index >= 15 is 0 Å². The number of allylic oxidation sites excluding steroid dienone is 4. The molecule has 9 aromatic carbocycles. The largest absolute Gasteiger partial charge is 0.0696 e. The van der Waals surface area contributed by atoms with E-state index in [9.17, 15) is 0 Å². The average Bonchev–Trinajstić information content (AvgIpc) is 1.28. The topological polar surface area (TPSA) is 0 Å². The molecule has 0 atom stereocenters. The Morgan fingerprint density at radius 3 is 0.674 bits per heavy atom. The predicted octanol–water partition coefficient (Wildman–Crippen LogP) is 24.9. The molecule has 0 bridgehead atoms. The van der Waals surface area contributed by atoms with Crippen LogP contribution in [0, 0.1) is 0 Å². The van der Waals surface area contributed by atoms with Crippen LogP contribution in [-0.2, 0) is 0 Å². The number of rotatable bonds is 14. The molecule has 0 N–H and O–H groups in total. The Kier molecular flexibility index (Phi) is 18.2. The standard InChI is InChI=1S/C86H82/c1-5-17-65(18-6-1)57-69-37-47-75(48-38-69)85(76-49-39-70(40-50-76)58-66-19-7-2-8-20-66)61-73-33-29-63(30-34-73)45-55-83-79-25-13-15-27-81(79)84(82-28-16-14-26-80(82)83)56-46-64-31-35-74(36-32-64)62-86(77-51-41-71(42-52-77)59-67-21-9-3-10-22-67)78-53-43-72(44-54-78)60-68-23-11-4-12-24-68/h13-16,25-62H,1-12,17-24H2/b55-45+,56-46+. The third kappa shape index (κ3) is 14.2. The first-order chi connectivity index (χ1) is 42.6. The van der Waals surface area contributed by atoms with Gasteiger partial charge in [0.15, 0.2) is 0 Å². The van der Waals surface area contributed by atoms with Crippen molar-refractivity contribution in [3.05, 3.63) is 294 Å². The molecule has 0 heteroatoms. The molecule has 86 heavy (non-hydrogen) atoms. The van der Waals surface area contributed by atoms with E-state index in [1.54, 1.807) is 22.3 Å². The molecule has 426 valence electrons. The highest BCUT2D eigenvalue weighted by Crippen LogP contribution is 2.38. The van der Waals surface area contributed by atoms with Crippen LogP contribution in [0.4, 0.5) is 0 Å². The Hall–Kier alpha value is -8.58. The maximum absolute atomic E-state index is 2.43. The predicted molar refractivity (Wildman–Crippen MR) is 376 cm³/mol. The van der Waals surface area contributed by atoms with Gasteiger partial charge in [-0.1, -0.05) is 291 Å². The van der Waals surface area contributed by atoms with E-state index in [0.29, 0.717) is 0 Å². The molecule has 4 saturated carbocycles. The van der Waals surface area contributed by atoms with Crippen LogP contribution in [0.3, 0.4) is 0 Å². The zero-order chi connectivity index (χ0) is 57.7. The molecule has 0 unspecified atom stereocenters. The van der Waals surface area contributed by atoms with Crippen molar-refractivity contribution in [1.82, 2.24) is 0 Å². The summed E-state index contributed by atoms with van der Waals surface area (Å²) in [6, 6.07) is 73.1. The van der Waals surface area contributed by atoms with Crippen molar-refractivity contribution >= 4 is 93.5 Å². The lowest BCUT2D eigenvalue weighted by Crippen LogP contribution is -1.94. The Balaban J connectivity index is 0.762. The quantitative estimate of drug-likeness (QED) is 0.0752. The van der Waals surface area contributed by atoms with E-state index in [4.69, 9.17) is 0 Å². The van der Waals surface area contributed by atoms with Gasteiger partial charge in [-0.05, 0) is 225 Å². The summed E-state index contributed by atoms with van der Waals surface area (Å²) in [6.45, 7) is 0. The van der Waals surface area contributed by atoms with Crippen LogP contribution in [0.25, 0.3) is 93.5 Å². The van der Waals surface area contributed by atoms with Crippen LogP contribution >= 0.6 is 0 Å². The Morgan fingerprint density at radius 2 is 0.430 bits per heavy atom. The highest BCUT2D eigenvalue weighted by Gasteiger charge is 2.15. The van der Waals surface area contributed by atoms with Crippen molar-refractivity contribution in [2.24, 2.45) is 0 Å². The van der Waals surface area contributed by atoms with Gasteiger partial charge < -0.3 is 0 Å². The molecule has 0 radical (unpaired) electrons. The van der Waals surface area contributed by atoms with Crippen molar-refractivity contribution in [3.8, 4) is 0 Å². The van der Waals surface area contributed by atoms with Crippen LogP contribution in [0.1, 0.15) is 206 Å². The zero-order valence-corrected chi connectivity index (χ0v) is 50.4. The summed E-state index contributed by atoms with van der Waals surface area (Å²) in [4.78, 5) is 0. The summed E-state index contributed by atoms with van der Waals surface area (Å²) < 4.78 is 0. The molecule has 4 aliphatic rings. The fourth-order valence-corrected chi connectivity index (χ4v) is 13.9. The highest BCUT2D eigenvalue weighted by atomic mass is 14.2. The van der Waals surface area contributed by atoms with Gasteiger partial charge in [0.25, 0.3) is 0 Å². The smallest absolute Gasteiger partial charge is 0.00987 e. The fourth-order valence-electron chi connectivity index (χ4n) is 13.9. The van der Waals surface area contributed by atoms with Crippen molar-refractivity contribution in [3.63, 3.8) is 0 Å². The molecule has 0 saturated heterocycles. The summed E-state index contributed by atoms with van der Waals surface area (Å²) in [7, 11) is 0. The van der Waals surface area contributed by atoms with Gasteiger partial charge in [-0.3, -0.25) is 0 Å². The monoisotopic (exact) mass is 1110 g/mol. The minimum Gasteiger partial charge on any atom is -0.0696 e. The third-order valence-electron chi connectivity index (χ3n) is 18.7. The van der Waals surface area contributed by atoms with Crippen LogP contribution in [-0.4, -0.2) is 0 Å². The first kappa shape index (κ1) is 56.5. The Labute approximate surface area is 513 Å². The Morgan fingerprint density at radius 1 is 0.209 bits per heavy atom. The van der Waals surface area contributed by atoms with E-state index in [1.807, 2.05) is 0 Å². The Bertz CT molecular complexity index is 3560. The van der Waals surface area contributed by atoms with Gasteiger partial charge in [-0.15, -0.1) is 0 Å². The average molecular weight is 1120 g/mol. The normalized spacial score (nSPS) is 15.7. The summed E-state index contributed by atoms with van der Waals surface area (Å²) in [5, 5.41) is 4.99. The van der Waals surface area contributed by atoms with Crippen molar-refractivity contribution in [1.29, 1.82) is 0 Å². The summed E-state index contributed by atoms with van der Waals surface area (Å²) in [5.41, 5.74) is 26.3. The molecule has 0 amide bonds. The molecular weight excluding hydrogens is 1030 g/mol. The third-order valence-corrected chi connectivity index (χ3v) is 18.7. The van der Waals surface area contributed by atoms with E-state index < -0.39 is 0 Å². The highest BCUT2D eigenvalue weighted by molar-refractivity contribution is 6.14. The van der Waals surface area contributed by atoms with E-state index in [-0.39, 0.29) is 0 Å². The maximum atomic E-state index is 2.43. The second-order valence-corrected chi connectivity index (χ2v) is 25.0. The van der Waals surface area contributed by atoms with Gasteiger partial charge in [0.2, 0.25) is 0 Å². The molecular formula is C86H82. The number of hydrogen-bond acceptors (Lipinski definition) is 0. The van der Waals surface area contributed by atoms with Gasteiger partial charge in [0, 0.05) is 0 Å². The van der Waals surface area contributed by atoms with Gasteiger partial charge in [-0.25, -0.2) is 0 Å². The number of benzene rings is 9. The molecule has 13 rings (SSSR count). The van der Waals surface area contributed by atoms with Crippen molar-refractivity contribution in [2.45, 2.75) is 128 Å². The van der Waals surface area contributed by atoms with Crippen molar-refractivity contribution in [2.75, 3.05) is 0 Å². The van der Waals surface area contributed by atoms with Crippen LogP contribution < -0.4 is 0 Å². The van der Waals surface area contributed by atoms with Gasteiger partial charge in [0.05, 0.1) is 0 Å². The number of fused-ring (bicyclic) bond motifs is 2. The van der Waals surface area contributed by atoms with Crippen LogP contribution in [0.2, 0.25) is 0 Å². The summed E-state index contributed by atoms with van der Waals surface area (Å²) in [6.07, 6.45) is 49.6. The molecule has 0 aliphatic heterocycles. The summed E-state index contributed by atoms with van der Waals surface area (Å²) in [5.74, 6) is 0. The lowest BCUT2D eigenvalue weighted by Gasteiger charge is -2.15. The molecule has 0 spiro atoms. The molecule has 4 aliphatic carbocycles. The van der Waals surface area contributed by atoms with Gasteiger partial charge >= 0.3 is 0 Å². The van der Waals surface area contributed by atoms with Crippen LogP contribution in [0.5, 0.6) is 0 Å². The van der Waals surface area contributed by atoms with E-state index in [2.05, 4.69) is 255 Å². The van der Waals surface area contributed by atoms with Crippen molar-refractivity contribution < 1.29 is 0 Å². The second-order valence-electron chi connectivity index (χ2n) is 25.0. The molecule has 0 heterocycles. The fraction of sp³-hybridized carbons (Fsp3) is 0.233. The van der Waals surface area contributed by atoms with E-state index in [1.165, 1.54) is 239 Å². The maximum Gasteiger partial charge on any atom is -0.00987 e. The first-order valence-corrected chi connectivity index (χ1v) is 32.7. The molecule has 9 aromatic rings. The lowest BCUT2D eigenvalue weighted by atomic mass is 9.90. The zero-order valence-electron chi connectivity index (χ0n) is 50.4. The second kappa shape index (κ2) is 27.6. The minimum atomic E-state index is 1.17. The molecule has 0 nitrogen and oxygen atoms in total. The van der Waals surface area contributed by atoms with Gasteiger partial charge in [-0.2, -0.15) is 0 Å². The molecule has 0 aromatic heterocycles. The van der Waals surface area contributed by atoms with E-state index in [0.717, 1.165) is 0 Å². The minimum absolute atomic E-state index is 1.17.